The lowest BCUT2D eigenvalue weighted by Crippen LogP contribution is -2.16. The number of rotatable bonds is 5. The van der Waals surface area contributed by atoms with Crippen molar-refractivity contribution in [1.82, 2.24) is 9.78 Å². The molecule has 5 nitrogen and oxygen atoms in total. The first-order valence-electron chi connectivity index (χ1n) is 6.12. The molecular weight excluding hydrogens is 264 g/mol. The Morgan fingerprint density at radius 3 is 2.84 bits per heavy atom. The number of hydrogen-bond acceptors (Lipinski definition) is 4. The maximum absolute atomic E-state index is 10.9. The van der Waals surface area contributed by atoms with Crippen molar-refractivity contribution in [3.63, 3.8) is 0 Å². The second kappa shape index (κ2) is 5.30. The molecule has 1 unspecified atom stereocenters. The van der Waals surface area contributed by atoms with Gasteiger partial charge in [-0.25, -0.2) is 0 Å². The van der Waals surface area contributed by atoms with Gasteiger partial charge >= 0.3 is 0 Å². The quantitative estimate of drug-likeness (QED) is 0.786. The predicted molar refractivity (Wildman–Crippen MR) is 74.4 cm³/mol. The first kappa shape index (κ1) is 14.0. The zero-order valence-electron chi connectivity index (χ0n) is 11.3. The zero-order valence-corrected chi connectivity index (χ0v) is 12.1. The summed E-state index contributed by atoms with van der Waals surface area (Å²) in [5.41, 5.74) is 2.25. The van der Waals surface area contributed by atoms with Gasteiger partial charge in [-0.05, 0) is 19.1 Å². The van der Waals surface area contributed by atoms with Crippen molar-refractivity contribution in [2.24, 2.45) is 5.92 Å². The van der Waals surface area contributed by atoms with Crippen molar-refractivity contribution < 1.29 is 12.6 Å². The van der Waals surface area contributed by atoms with E-state index < -0.39 is 10.1 Å². The number of hydrogen-bond donors (Lipinski definition) is 0. The van der Waals surface area contributed by atoms with Crippen LogP contribution in [0, 0.1) is 12.8 Å². The Balaban J connectivity index is 2.09. The van der Waals surface area contributed by atoms with E-state index in [1.807, 2.05) is 36.9 Å². The second-order valence-electron chi connectivity index (χ2n) is 4.98. The molecule has 0 N–H and O–H groups in total. The van der Waals surface area contributed by atoms with E-state index in [1.54, 1.807) is 0 Å². The van der Waals surface area contributed by atoms with Gasteiger partial charge in [0, 0.05) is 17.8 Å². The number of aromatic nitrogens is 2. The Morgan fingerprint density at radius 2 is 2.16 bits per heavy atom. The fraction of sp³-hybridized carbons (Fsp3) is 0.462. The highest BCUT2D eigenvalue weighted by Crippen LogP contribution is 2.16. The summed E-state index contributed by atoms with van der Waals surface area (Å²) in [7, 11) is -3.38. The third-order valence-corrected chi connectivity index (χ3v) is 3.41. The molecule has 0 aliphatic carbocycles. The molecule has 1 atom stereocenters. The van der Waals surface area contributed by atoms with E-state index in [0.717, 1.165) is 17.2 Å². The lowest BCUT2D eigenvalue weighted by atomic mass is 10.1. The summed E-state index contributed by atoms with van der Waals surface area (Å²) in [6.45, 7) is 4.78. The standard InChI is InChI=1S/C13H18N2O3S/c1-10-4-5-13-12(6-10)7-14-15(13)8-11(2)9-18-19(3,16)17/h4-7,11H,8-9H2,1-3H3. The predicted octanol–water partition coefficient (Wildman–Crippen LogP) is 1.96. The number of fused-ring (bicyclic) bond motifs is 1. The minimum atomic E-state index is -3.38. The van der Waals surface area contributed by atoms with Crippen molar-refractivity contribution in [3.05, 3.63) is 30.0 Å². The van der Waals surface area contributed by atoms with Gasteiger partial charge in [0.15, 0.2) is 0 Å². The van der Waals surface area contributed by atoms with E-state index >= 15 is 0 Å². The van der Waals surface area contributed by atoms with Crippen LogP contribution < -0.4 is 0 Å². The van der Waals surface area contributed by atoms with Gasteiger partial charge < -0.3 is 0 Å². The molecule has 0 saturated carbocycles. The molecule has 104 valence electrons. The van der Waals surface area contributed by atoms with Gasteiger partial charge in [0.2, 0.25) is 0 Å². The van der Waals surface area contributed by atoms with Crippen LogP contribution in [0.5, 0.6) is 0 Å². The minimum Gasteiger partial charge on any atom is -0.270 e. The third kappa shape index (κ3) is 3.78. The van der Waals surface area contributed by atoms with Gasteiger partial charge in [-0.1, -0.05) is 18.6 Å². The van der Waals surface area contributed by atoms with Gasteiger partial charge in [-0.2, -0.15) is 13.5 Å². The van der Waals surface area contributed by atoms with Gasteiger partial charge in [0.25, 0.3) is 10.1 Å². The fourth-order valence-electron chi connectivity index (χ4n) is 1.94. The van der Waals surface area contributed by atoms with E-state index in [0.29, 0.717) is 6.54 Å². The van der Waals surface area contributed by atoms with Crippen LogP contribution in [0.15, 0.2) is 24.4 Å². The molecule has 0 aliphatic heterocycles. The monoisotopic (exact) mass is 282 g/mol. The van der Waals surface area contributed by atoms with Crippen LogP contribution in [0.2, 0.25) is 0 Å². The van der Waals surface area contributed by atoms with E-state index in [4.69, 9.17) is 4.18 Å². The summed E-state index contributed by atoms with van der Waals surface area (Å²) in [5.74, 6) is 0.0686. The normalized spacial score (nSPS) is 13.8. The molecule has 0 aliphatic rings. The summed E-state index contributed by atoms with van der Waals surface area (Å²) in [6, 6.07) is 6.15. The van der Waals surface area contributed by atoms with Crippen LogP contribution in [0.1, 0.15) is 12.5 Å². The van der Waals surface area contributed by atoms with Gasteiger partial charge in [-0.3, -0.25) is 8.86 Å². The molecule has 0 amide bonds. The molecule has 1 aromatic heterocycles. The van der Waals surface area contributed by atoms with E-state index in [-0.39, 0.29) is 12.5 Å². The van der Waals surface area contributed by atoms with Crippen LogP contribution in [0.3, 0.4) is 0 Å². The number of nitrogens with zero attached hydrogens (tertiary/aromatic N) is 2. The summed E-state index contributed by atoms with van der Waals surface area (Å²) < 4.78 is 28.6. The SMILES string of the molecule is Cc1ccc2c(cnn2CC(C)COS(C)(=O)=O)c1. The Hall–Kier alpha value is -1.40. The van der Waals surface area contributed by atoms with Gasteiger partial charge in [0.1, 0.15) is 0 Å². The van der Waals surface area contributed by atoms with Crippen LogP contribution in [-0.2, 0) is 20.8 Å². The van der Waals surface area contributed by atoms with Gasteiger partial charge in [0.05, 0.1) is 24.6 Å². The molecule has 1 aromatic carbocycles. The van der Waals surface area contributed by atoms with Gasteiger partial charge in [-0.15, -0.1) is 0 Å². The van der Waals surface area contributed by atoms with Crippen molar-refractivity contribution in [2.45, 2.75) is 20.4 Å². The van der Waals surface area contributed by atoms with Crippen molar-refractivity contribution in [1.29, 1.82) is 0 Å². The van der Waals surface area contributed by atoms with E-state index in [1.165, 1.54) is 5.56 Å². The van der Waals surface area contributed by atoms with Crippen LogP contribution in [-0.4, -0.2) is 31.1 Å². The summed E-state index contributed by atoms with van der Waals surface area (Å²) in [4.78, 5) is 0. The maximum Gasteiger partial charge on any atom is 0.264 e. The Morgan fingerprint density at radius 1 is 1.42 bits per heavy atom. The van der Waals surface area contributed by atoms with E-state index in [9.17, 15) is 8.42 Å². The minimum absolute atomic E-state index is 0.0686. The molecule has 1 heterocycles. The van der Waals surface area contributed by atoms with Crippen molar-refractivity contribution in [2.75, 3.05) is 12.9 Å². The average Bonchev–Trinajstić information content (AvgIpc) is 2.68. The first-order valence-corrected chi connectivity index (χ1v) is 7.93. The smallest absolute Gasteiger partial charge is 0.264 e. The zero-order chi connectivity index (χ0) is 14.0. The fourth-order valence-corrected chi connectivity index (χ4v) is 2.42. The van der Waals surface area contributed by atoms with Crippen LogP contribution in [0.4, 0.5) is 0 Å². The Labute approximate surface area is 113 Å². The molecule has 0 bridgehead atoms. The molecule has 0 spiro atoms. The largest absolute Gasteiger partial charge is 0.270 e. The van der Waals surface area contributed by atoms with Crippen molar-refractivity contribution >= 4 is 21.0 Å². The molecule has 6 heteroatoms. The first-order chi connectivity index (χ1) is 8.85. The second-order valence-corrected chi connectivity index (χ2v) is 6.63. The summed E-state index contributed by atoms with van der Waals surface area (Å²) in [5, 5.41) is 5.43. The molecular formula is C13H18N2O3S. The topological polar surface area (TPSA) is 61.2 Å². The molecule has 0 fully saturated rings. The number of benzene rings is 1. The molecule has 0 saturated heterocycles. The van der Waals surface area contributed by atoms with Crippen LogP contribution >= 0.6 is 0 Å². The molecule has 2 aromatic rings. The highest BCUT2D eigenvalue weighted by atomic mass is 32.2. The Bertz CT molecular complexity index is 676. The van der Waals surface area contributed by atoms with Crippen molar-refractivity contribution in [3.8, 4) is 0 Å². The molecule has 0 radical (unpaired) electrons. The van der Waals surface area contributed by atoms with Crippen LogP contribution in [0.25, 0.3) is 10.9 Å². The molecule has 19 heavy (non-hydrogen) atoms. The molecule has 2 rings (SSSR count). The highest BCUT2D eigenvalue weighted by molar-refractivity contribution is 7.85. The lowest BCUT2D eigenvalue weighted by Gasteiger charge is -2.11. The lowest BCUT2D eigenvalue weighted by molar-refractivity contribution is 0.248. The average molecular weight is 282 g/mol. The highest BCUT2D eigenvalue weighted by Gasteiger charge is 2.11. The Kier molecular flexibility index (Phi) is 3.91. The summed E-state index contributed by atoms with van der Waals surface area (Å²) in [6.07, 6.45) is 2.89. The number of aryl methyl sites for hydroxylation is 1. The summed E-state index contributed by atoms with van der Waals surface area (Å²) >= 11 is 0. The third-order valence-electron chi connectivity index (χ3n) is 2.85. The maximum atomic E-state index is 10.9. The van der Waals surface area contributed by atoms with E-state index in [2.05, 4.69) is 11.2 Å².